The summed E-state index contributed by atoms with van der Waals surface area (Å²) >= 11 is 0. The number of benzene rings is 5. The lowest BCUT2D eigenvalue weighted by molar-refractivity contribution is 0.820. The number of hydrogen-bond acceptors (Lipinski definition) is 0. The monoisotopic (exact) mass is 480 g/mol. The summed E-state index contributed by atoms with van der Waals surface area (Å²) < 4.78 is 5.05. The predicted molar refractivity (Wildman–Crippen MR) is 159 cm³/mol. The number of nitrogens with zero attached hydrogens (tertiary/aromatic N) is 2. The highest BCUT2D eigenvalue weighted by Gasteiger charge is 2.35. The van der Waals surface area contributed by atoms with Crippen molar-refractivity contribution in [3.8, 4) is 11.1 Å². The van der Waals surface area contributed by atoms with E-state index < -0.39 is 0 Å². The van der Waals surface area contributed by atoms with Crippen molar-refractivity contribution < 1.29 is 0 Å². The summed E-state index contributed by atoms with van der Waals surface area (Å²) in [7, 11) is 0. The molecule has 174 valence electrons. The number of aromatic nitrogens is 2. The van der Waals surface area contributed by atoms with Crippen LogP contribution in [0.5, 0.6) is 0 Å². The standard InChI is InChI=1S/C36H20N2/c1-2-13-31-21(6-1)22-7-3-10-25-28-16-19(14-15-32(28)37(31)33(22)25)20-17-29-26-11-4-8-23-24-9-5-12-27-30(18-20)36(29)38(34(23)26)35(24)27/h1-8,10-18,24H,9H2. The van der Waals surface area contributed by atoms with Gasteiger partial charge in [0.2, 0.25) is 0 Å². The maximum Gasteiger partial charge on any atom is 0.0620 e. The first-order chi connectivity index (χ1) is 18.9. The zero-order valence-electron chi connectivity index (χ0n) is 20.5. The van der Waals surface area contributed by atoms with E-state index >= 15 is 0 Å². The van der Waals surface area contributed by atoms with Crippen molar-refractivity contribution >= 4 is 71.4 Å². The highest BCUT2D eigenvalue weighted by molar-refractivity contribution is 6.24. The van der Waals surface area contributed by atoms with Gasteiger partial charge < -0.3 is 8.80 Å². The topological polar surface area (TPSA) is 8.82 Å². The molecule has 0 saturated heterocycles. The Kier molecular flexibility index (Phi) is 2.83. The van der Waals surface area contributed by atoms with Crippen molar-refractivity contribution in [1.82, 2.24) is 8.80 Å². The molecule has 0 amide bonds. The summed E-state index contributed by atoms with van der Waals surface area (Å²) in [6.07, 6.45) is 5.86. The quantitative estimate of drug-likeness (QED) is 0.221. The third kappa shape index (κ3) is 1.81. The minimum atomic E-state index is 0.499. The molecule has 1 aliphatic heterocycles. The Morgan fingerprint density at radius 1 is 0.526 bits per heavy atom. The Morgan fingerprint density at radius 3 is 2.18 bits per heavy atom. The van der Waals surface area contributed by atoms with E-state index in [0.717, 1.165) is 6.42 Å². The number of rotatable bonds is 1. The van der Waals surface area contributed by atoms with Crippen molar-refractivity contribution in [3.05, 3.63) is 114 Å². The molecule has 2 aliphatic rings. The minimum Gasteiger partial charge on any atom is -0.311 e. The third-order valence-electron chi connectivity index (χ3n) is 9.64. The van der Waals surface area contributed by atoms with Crippen molar-refractivity contribution in [2.75, 3.05) is 0 Å². The molecule has 38 heavy (non-hydrogen) atoms. The maximum atomic E-state index is 2.59. The molecule has 1 unspecified atom stereocenters. The highest BCUT2D eigenvalue weighted by Crippen LogP contribution is 2.52. The van der Waals surface area contributed by atoms with E-state index in [0.29, 0.717) is 5.92 Å². The van der Waals surface area contributed by atoms with Gasteiger partial charge >= 0.3 is 0 Å². The second-order valence-corrected chi connectivity index (χ2v) is 11.3. The molecule has 0 fully saturated rings. The Balaban J connectivity index is 1.26. The summed E-state index contributed by atoms with van der Waals surface area (Å²) in [6, 6.07) is 34.5. The third-order valence-corrected chi connectivity index (χ3v) is 9.64. The largest absolute Gasteiger partial charge is 0.311 e. The second kappa shape index (κ2) is 5.84. The fraction of sp³-hybridized carbons (Fsp3) is 0.0556. The van der Waals surface area contributed by atoms with Crippen molar-refractivity contribution in [2.24, 2.45) is 0 Å². The number of allylic oxidation sites excluding steroid dienone is 1. The van der Waals surface area contributed by atoms with Crippen LogP contribution >= 0.6 is 0 Å². The summed E-state index contributed by atoms with van der Waals surface area (Å²) in [6.45, 7) is 0. The molecule has 0 saturated carbocycles. The summed E-state index contributed by atoms with van der Waals surface area (Å²) in [5.74, 6) is 0.499. The summed E-state index contributed by atoms with van der Waals surface area (Å²) in [4.78, 5) is 0. The van der Waals surface area contributed by atoms with Gasteiger partial charge in [0.05, 0.1) is 27.6 Å². The van der Waals surface area contributed by atoms with Crippen LogP contribution in [0, 0.1) is 0 Å². The lowest BCUT2D eigenvalue weighted by Crippen LogP contribution is -2.01. The molecule has 0 N–H and O–H groups in total. The van der Waals surface area contributed by atoms with Crippen molar-refractivity contribution in [1.29, 1.82) is 0 Å². The van der Waals surface area contributed by atoms with E-state index in [2.05, 4.69) is 112 Å². The smallest absolute Gasteiger partial charge is 0.0620 e. The molecule has 1 atom stereocenters. The molecule has 9 aromatic rings. The van der Waals surface area contributed by atoms with Gasteiger partial charge in [-0.15, -0.1) is 0 Å². The molecule has 1 aliphatic carbocycles. The number of para-hydroxylation sites is 3. The van der Waals surface area contributed by atoms with E-state index in [1.807, 2.05) is 0 Å². The Labute approximate surface area is 217 Å². The Hall–Kier alpha value is -4.82. The van der Waals surface area contributed by atoms with Crippen LogP contribution < -0.4 is 0 Å². The fourth-order valence-corrected chi connectivity index (χ4v) is 8.21. The first-order valence-corrected chi connectivity index (χ1v) is 13.6. The molecule has 4 aromatic heterocycles. The van der Waals surface area contributed by atoms with Crippen LogP contribution in [-0.4, -0.2) is 8.80 Å². The lowest BCUT2D eigenvalue weighted by Gasteiger charge is -2.15. The highest BCUT2D eigenvalue weighted by atomic mass is 15.0. The molecular weight excluding hydrogens is 460 g/mol. The normalized spacial score (nSPS) is 16.5. The SMILES string of the molecule is C1=Cc2c3n4c5c(cccc5c5cc(-c6ccc7c(c6)c6cccc8c9ccccc9n7c86)cc2c54)C3C1. The maximum absolute atomic E-state index is 2.59. The van der Waals surface area contributed by atoms with Crippen LogP contribution in [0.4, 0.5) is 0 Å². The van der Waals surface area contributed by atoms with Crippen LogP contribution in [-0.2, 0) is 0 Å². The number of fused-ring (bicyclic) bond motifs is 9. The number of hydrogen-bond donors (Lipinski definition) is 0. The molecule has 0 radical (unpaired) electrons. The first kappa shape index (κ1) is 18.4. The van der Waals surface area contributed by atoms with Gasteiger partial charge in [0.25, 0.3) is 0 Å². The minimum absolute atomic E-state index is 0.499. The van der Waals surface area contributed by atoms with Crippen LogP contribution in [0.15, 0.2) is 97.1 Å². The second-order valence-electron chi connectivity index (χ2n) is 11.3. The molecular formula is C36H20N2. The fourth-order valence-electron chi connectivity index (χ4n) is 8.21. The predicted octanol–water partition coefficient (Wildman–Crippen LogP) is 9.36. The van der Waals surface area contributed by atoms with Gasteiger partial charge in [-0.2, -0.15) is 0 Å². The van der Waals surface area contributed by atoms with Gasteiger partial charge in [-0.05, 0) is 53.4 Å². The first-order valence-electron chi connectivity index (χ1n) is 13.6. The molecule has 5 heterocycles. The Morgan fingerprint density at radius 2 is 1.24 bits per heavy atom. The zero-order chi connectivity index (χ0) is 24.3. The van der Waals surface area contributed by atoms with Gasteiger partial charge in [-0.3, -0.25) is 0 Å². The molecule has 11 rings (SSSR count). The van der Waals surface area contributed by atoms with Crippen molar-refractivity contribution in [3.63, 3.8) is 0 Å². The van der Waals surface area contributed by atoms with Crippen molar-refractivity contribution in [2.45, 2.75) is 12.3 Å². The molecule has 5 aromatic carbocycles. The van der Waals surface area contributed by atoms with E-state index in [-0.39, 0.29) is 0 Å². The average molecular weight is 481 g/mol. The van der Waals surface area contributed by atoms with Crippen LogP contribution in [0.3, 0.4) is 0 Å². The molecule has 2 nitrogen and oxygen atoms in total. The van der Waals surface area contributed by atoms with Crippen LogP contribution in [0.25, 0.3) is 82.5 Å². The lowest BCUT2D eigenvalue weighted by atomic mass is 9.87. The Bertz CT molecular complexity index is 2530. The van der Waals surface area contributed by atoms with E-state index in [9.17, 15) is 0 Å². The van der Waals surface area contributed by atoms with Crippen LogP contribution in [0.1, 0.15) is 29.2 Å². The van der Waals surface area contributed by atoms with E-state index in [1.165, 1.54) is 93.2 Å². The van der Waals surface area contributed by atoms with Gasteiger partial charge in [0.15, 0.2) is 0 Å². The average Bonchev–Trinajstić information content (AvgIpc) is 3.75. The van der Waals surface area contributed by atoms with E-state index in [4.69, 9.17) is 0 Å². The molecule has 0 bridgehead atoms. The van der Waals surface area contributed by atoms with Gasteiger partial charge in [-0.1, -0.05) is 72.8 Å². The summed E-state index contributed by atoms with van der Waals surface area (Å²) in [5, 5.41) is 9.52. The van der Waals surface area contributed by atoms with Crippen LogP contribution in [0.2, 0.25) is 0 Å². The molecule has 0 spiro atoms. The van der Waals surface area contributed by atoms with Gasteiger partial charge in [0, 0.05) is 54.9 Å². The summed E-state index contributed by atoms with van der Waals surface area (Å²) in [5.41, 5.74) is 13.8. The van der Waals surface area contributed by atoms with E-state index in [1.54, 1.807) is 0 Å². The molecule has 2 heteroatoms. The van der Waals surface area contributed by atoms with Gasteiger partial charge in [-0.25, -0.2) is 0 Å². The zero-order valence-corrected chi connectivity index (χ0v) is 20.5. The van der Waals surface area contributed by atoms with Gasteiger partial charge in [0.1, 0.15) is 0 Å².